The maximum atomic E-state index is 12.4. The fourth-order valence-electron chi connectivity index (χ4n) is 2.91. The number of benzene rings is 1. The van der Waals surface area contributed by atoms with Crippen molar-refractivity contribution in [1.82, 2.24) is 10.2 Å². The second-order valence-electron chi connectivity index (χ2n) is 5.37. The first kappa shape index (κ1) is 13.8. The topological polar surface area (TPSA) is 86.7 Å². The van der Waals surface area contributed by atoms with Gasteiger partial charge in [-0.1, -0.05) is 12.1 Å². The Hall–Kier alpha value is -2.21. The Morgan fingerprint density at radius 1 is 1.29 bits per heavy atom. The van der Waals surface area contributed by atoms with Crippen LogP contribution >= 0.6 is 0 Å². The van der Waals surface area contributed by atoms with Crippen LogP contribution in [-0.4, -0.2) is 40.4 Å². The van der Waals surface area contributed by atoms with E-state index in [1.807, 2.05) is 12.1 Å². The Morgan fingerprint density at radius 3 is 2.81 bits per heavy atom. The summed E-state index contributed by atoms with van der Waals surface area (Å²) in [4.78, 5) is 37.0. The molecule has 0 radical (unpaired) electrons. The van der Waals surface area contributed by atoms with Gasteiger partial charge in [-0.2, -0.15) is 0 Å². The van der Waals surface area contributed by atoms with E-state index in [-0.39, 0.29) is 24.8 Å². The van der Waals surface area contributed by atoms with Crippen molar-refractivity contribution in [2.75, 3.05) is 6.61 Å². The molecule has 1 unspecified atom stereocenters. The number of nitrogens with zero attached hydrogens (tertiary/aromatic N) is 1. The fourth-order valence-corrected chi connectivity index (χ4v) is 2.91. The van der Waals surface area contributed by atoms with Crippen molar-refractivity contribution in [3.05, 3.63) is 34.9 Å². The molecule has 2 N–H and O–H groups in total. The molecule has 0 saturated carbocycles. The predicted molar refractivity (Wildman–Crippen MR) is 73.3 cm³/mol. The Bertz CT molecular complexity index is 626. The number of hydrogen-bond donors (Lipinski definition) is 2. The Morgan fingerprint density at radius 2 is 2.10 bits per heavy atom. The minimum Gasteiger partial charge on any atom is -0.396 e. The van der Waals surface area contributed by atoms with E-state index in [1.54, 1.807) is 6.07 Å². The van der Waals surface area contributed by atoms with E-state index < -0.39 is 11.9 Å². The number of carbonyl (C=O) groups is 3. The average Bonchev–Trinajstić information content (AvgIpc) is 2.76. The van der Waals surface area contributed by atoms with Gasteiger partial charge < -0.3 is 10.0 Å². The number of piperidine rings is 1. The number of amides is 3. The summed E-state index contributed by atoms with van der Waals surface area (Å²) in [6, 6.07) is 4.88. The first-order valence-electron chi connectivity index (χ1n) is 6.97. The van der Waals surface area contributed by atoms with E-state index in [2.05, 4.69) is 5.32 Å². The summed E-state index contributed by atoms with van der Waals surface area (Å²) in [5.41, 5.74) is 2.44. The van der Waals surface area contributed by atoms with Crippen molar-refractivity contribution in [2.45, 2.75) is 31.8 Å². The summed E-state index contributed by atoms with van der Waals surface area (Å²) < 4.78 is 0. The quantitative estimate of drug-likeness (QED) is 0.765. The van der Waals surface area contributed by atoms with Crippen LogP contribution < -0.4 is 5.32 Å². The molecule has 3 rings (SSSR count). The molecule has 2 aliphatic heterocycles. The average molecular weight is 288 g/mol. The molecule has 2 aliphatic rings. The van der Waals surface area contributed by atoms with Gasteiger partial charge >= 0.3 is 0 Å². The van der Waals surface area contributed by atoms with Gasteiger partial charge in [0.15, 0.2) is 0 Å². The highest BCUT2D eigenvalue weighted by Crippen LogP contribution is 2.28. The predicted octanol–water partition coefficient (Wildman–Crippen LogP) is -0.0176. The van der Waals surface area contributed by atoms with Gasteiger partial charge in [-0.3, -0.25) is 19.7 Å². The first-order valence-corrected chi connectivity index (χ1v) is 6.97. The molecule has 3 amide bonds. The number of carbonyl (C=O) groups excluding carboxylic acids is 3. The van der Waals surface area contributed by atoms with Crippen molar-refractivity contribution in [3.63, 3.8) is 0 Å². The number of hydrogen-bond acceptors (Lipinski definition) is 4. The third-order valence-electron chi connectivity index (χ3n) is 3.99. The zero-order valence-corrected chi connectivity index (χ0v) is 11.5. The molecule has 21 heavy (non-hydrogen) atoms. The van der Waals surface area contributed by atoms with E-state index in [4.69, 9.17) is 5.11 Å². The summed E-state index contributed by atoms with van der Waals surface area (Å²) >= 11 is 0. The molecule has 1 atom stereocenters. The van der Waals surface area contributed by atoms with E-state index in [0.29, 0.717) is 24.9 Å². The molecule has 1 aromatic rings. The highest BCUT2D eigenvalue weighted by molar-refractivity contribution is 6.05. The SMILES string of the molecule is O=C1CCC(N2Cc3cc(CCO)ccc3C2=O)C(=O)N1. The Kier molecular flexibility index (Phi) is 3.47. The van der Waals surface area contributed by atoms with Gasteiger partial charge in [-0.25, -0.2) is 0 Å². The zero-order valence-electron chi connectivity index (χ0n) is 11.5. The number of aliphatic hydroxyl groups is 1. The molecular weight excluding hydrogens is 272 g/mol. The van der Waals surface area contributed by atoms with Crippen LogP contribution in [0.25, 0.3) is 0 Å². The van der Waals surface area contributed by atoms with E-state index in [1.165, 1.54) is 4.90 Å². The largest absolute Gasteiger partial charge is 0.396 e. The standard InChI is InChI=1S/C15H16N2O4/c18-6-5-9-1-2-11-10(7-9)8-17(15(11)21)12-3-4-13(19)16-14(12)20/h1-2,7,12,18H,3-6,8H2,(H,16,19,20). The lowest BCUT2D eigenvalue weighted by atomic mass is 10.0. The first-order chi connectivity index (χ1) is 10.1. The number of aliphatic hydroxyl groups excluding tert-OH is 1. The molecule has 6 nitrogen and oxygen atoms in total. The van der Waals surface area contributed by atoms with Crippen LogP contribution in [0.1, 0.15) is 34.3 Å². The van der Waals surface area contributed by atoms with Crippen LogP contribution in [0.15, 0.2) is 18.2 Å². The normalized spacial score (nSPS) is 21.5. The van der Waals surface area contributed by atoms with Gasteiger partial charge in [0, 0.05) is 25.1 Å². The lowest BCUT2D eigenvalue weighted by Gasteiger charge is -2.29. The van der Waals surface area contributed by atoms with Crippen LogP contribution in [0.5, 0.6) is 0 Å². The Balaban J connectivity index is 1.83. The van der Waals surface area contributed by atoms with Crippen LogP contribution in [0.3, 0.4) is 0 Å². The molecule has 2 heterocycles. The van der Waals surface area contributed by atoms with Crippen molar-refractivity contribution < 1.29 is 19.5 Å². The van der Waals surface area contributed by atoms with Gasteiger partial charge in [0.05, 0.1) is 0 Å². The van der Waals surface area contributed by atoms with Crippen molar-refractivity contribution in [1.29, 1.82) is 0 Å². The molecule has 1 aromatic carbocycles. The second kappa shape index (κ2) is 5.29. The van der Waals surface area contributed by atoms with E-state index in [0.717, 1.165) is 11.1 Å². The summed E-state index contributed by atoms with van der Waals surface area (Å²) in [6.45, 7) is 0.434. The van der Waals surface area contributed by atoms with Crippen molar-refractivity contribution in [3.8, 4) is 0 Å². The highest BCUT2D eigenvalue weighted by atomic mass is 16.3. The van der Waals surface area contributed by atoms with Crippen LogP contribution in [-0.2, 0) is 22.6 Å². The molecule has 0 bridgehead atoms. The summed E-state index contributed by atoms with van der Waals surface area (Å²) in [6.07, 6.45) is 1.17. The molecule has 0 aromatic heterocycles. The maximum Gasteiger partial charge on any atom is 0.255 e. The summed E-state index contributed by atoms with van der Waals surface area (Å²) in [7, 11) is 0. The van der Waals surface area contributed by atoms with Gasteiger partial charge in [0.2, 0.25) is 11.8 Å². The lowest BCUT2D eigenvalue weighted by Crippen LogP contribution is -2.52. The lowest BCUT2D eigenvalue weighted by molar-refractivity contribution is -0.136. The molecule has 1 fully saturated rings. The maximum absolute atomic E-state index is 12.4. The highest BCUT2D eigenvalue weighted by Gasteiger charge is 2.38. The second-order valence-corrected chi connectivity index (χ2v) is 5.37. The molecular formula is C15H16N2O4. The molecule has 110 valence electrons. The van der Waals surface area contributed by atoms with Crippen molar-refractivity contribution >= 4 is 17.7 Å². The van der Waals surface area contributed by atoms with Gasteiger partial charge in [0.25, 0.3) is 5.91 Å². The Labute approximate surface area is 121 Å². The number of imide groups is 1. The zero-order chi connectivity index (χ0) is 15.0. The minimum absolute atomic E-state index is 0.0591. The monoisotopic (exact) mass is 288 g/mol. The smallest absolute Gasteiger partial charge is 0.255 e. The van der Waals surface area contributed by atoms with E-state index >= 15 is 0 Å². The third kappa shape index (κ3) is 2.42. The van der Waals surface area contributed by atoms with Gasteiger partial charge in [-0.15, -0.1) is 0 Å². The van der Waals surface area contributed by atoms with Crippen LogP contribution in [0, 0.1) is 0 Å². The third-order valence-corrected chi connectivity index (χ3v) is 3.99. The van der Waals surface area contributed by atoms with Gasteiger partial charge in [-0.05, 0) is 30.0 Å². The molecule has 0 aliphatic carbocycles. The van der Waals surface area contributed by atoms with E-state index in [9.17, 15) is 14.4 Å². The molecule has 6 heteroatoms. The molecule has 1 saturated heterocycles. The minimum atomic E-state index is -0.580. The van der Waals surface area contributed by atoms with Crippen molar-refractivity contribution in [2.24, 2.45) is 0 Å². The van der Waals surface area contributed by atoms with Crippen LogP contribution in [0.4, 0.5) is 0 Å². The van der Waals surface area contributed by atoms with Gasteiger partial charge in [0.1, 0.15) is 6.04 Å². The van der Waals surface area contributed by atoms with Crippen LogP contribution in [0.2, 0.25) is 0 Å². The summed E-state index contributed by atoms with van der Waals surface area (Å²) in [5.74, 6) is -0.858. The molecule has 0 spiro atoms. The number of rotatable bonds is 3. The summed E-state index contributed by atoms with van der Waals surface area (Å²) in [5, 5.41) is 11.3. The fraction of sp³-hybridized carbons (Fsp3) is 0.400. The number of nitrogens with one attached hydrogen (secondary N) is 1. The number of fused-ring (bicyclic) bond motifs is 1.